The van der Waals surface area contributed by atoms with Crippen molar-refractivity contribution in [2.45, 2.75) is 52.4 Å². The van der Waals surface area contributed by atoms with Gasteiger partial charge in [-0.25, -0.2) is 0 Å². The standard InChI is InChI=1S/C22H28/c1-9-15-13-17-18(14-16(15)10-2)20(22(6,7)8)12-11-19(17)21(3,4)5/h9-14H,1-2H2,3-8H3. The van der Waals surface area contributed by atoms with Crippen LogP contribution in [0.2, 0.25) is 0 Å². The fraction of sp³-hybridized carbons (Fsp3) is 0.364. The zero-order chi connectivity index (χ0) is 16.7. The van der Waals surface area contributed by atoms with Crippen molar-refractivity contribution in [2.75, 3.05) is 0 Å². The molecule has 0 N–H and O–H groups in total. The van der Waals surface area contributed by atoms with Crippen LogP contribution in [0.5, 0.6) is 0 Å². The van der Waals surface area contributed by atoms with Crippen molar-refractivity contribution >= 4 is 22.9 Å². The van der Waals surface area contributed by atoms with Crippen molar-refractivity contribution in [3.63, 3.8) is 0 Å². The number of benzene rings is 2. The predicted molar refractivity (Wildman–Crippen MR) is 102 cm³/mol. The second kappa shape index (κ2) is 5.43. The van der Waals surface area contributed by atoms with Crippen molar-refractivity contribution in [1.29, 1.82) is 0 Å². The van der Waals surface area contributed by atoms with E-state index in [1.165, 1.54) is 21.9 Å². The summed E-state index contributed by atoms with van der Waals surface area (Å²) in [5.41, 5.74) is 5.30. The second-order valence-corrected chi connectivity index (χ2v) is 8.10. The lowest BCUT2D eigenvalue weighted by atomic mass is 9.77. The van der Waals surface area contributed by atoms with Crippen molar-refractivity contribution in [1.82, 2.24) is 0 Å². The van der Waals surface area contributed by atoms with Crippen molar-refractivity contribution in [3.05, 3.63) is 59.7 Å². The molecule has 0 bridgehead atoms. The highest BCUT2D eigenvalue weighted by Crippen LogP contribution is 2.38. The molecule has 0 amide bonds. The van der Waals surface area contributed by atoms with Gasteiger partial charge in [0.25, 0.3) is 0 Å². The Kier molecular flexibility index (Phi) is 4.08. The van der Waals surface area contributed by atoms with Gasteiger partial charge in [0.15, 0.2) is 0 Å². The Morgan fingerprint density at radius 3 is 1.23 bits per heavy atom. The van der Waals surface area contributed by atoms with Gasteiger partial charge in [0.2, 0.25) is 0 Å². The molecule has 116 valence electrons. The van der Waals surface area contributed by atoms with Gasteiger partial charge >= 0.3 is 0 Å². The zero-order valence-electron chi connectivity index (χ0n) is 14.9. The van der Waals surface area contributed by atoms with Crippen LogP contribution in [0.15, 0.2) is 37.4 Å². The van der Waals surface area contributed by atoms with Crippen molar-refractivity contribution in [3.8, 4) is 0 Å². The summed E-state index contributed by atoms with van der Waals surface area (Å²) in [7, 11) is 0. The summed E-state index contributed by atoms with van der Waals surface area (Å²) in [6.45, 7) is 21.6. The number of rotatable bonds is 2. The van der Waals surface area contributed by atoms with Crippen LogP contribution in [0, 0.1) is 0 Å². The molecule has 22 heavy (non-hydrogen) atoms. The molecule has 2 aromatic carbocycles. The van der Waals surface area contributed by atoms with Crippen LogP contribution in [-0.2, 0) is 10.8 Å². The average Bonchev–Trinajstić information content (AvgIpc) is 2.42. The smallest absolute Gasteiger partial charge is 0.0126 e. The van der Waals surface area contributed by atoms with Crippen LogP contribution in [0.25, 0.3) is 22.9 Å². The first-order valence-electron chi connectivity index (χ1n) is 7.96. The van der Waals surface area contributed by atoms with E-state index in [-0.39, 0.29) is 10.8 Å². The first kappa shape index (κ1) is 16.5. The largest absolute Gasteiger partial charge is 0.0984 e. The van der Waals surface area contributed by atoms with Crippen LogP contribution in [0.1, 0.15) is 63.8 Å². The van der Waals surface area contributed by atoms with Gasteiger partial charge in [-0.05, 0) is 56.0 Å². The lowest BCUT2D eigenvalue weighted by molar-refractivity contribution is 0.585. The van der Waals surface area contributed by atoms with Gasteiger partial charge in [-0.2, -0.15) is 0 Å². The van der Waals surface area contributed by atoms with E-state index in [0.717, 1.165) is 11.1 Å². The first-order valence-corrected chi connectivity index (χ1v) is 7.96. The average molecular weight is 292 g/mol. The highest BCUT2D eigenvalue weighted by Gasteiger charge is 2.23. The van der Waals surface area contributed by atoms with E-state index >= 15 is 0 Å². The summed E-state index contributed by atoms with van der Waals surface area (Å²) in [6, 6.07) is 9.14. The summed E-state index contributed by atoms with van der Waals surface area (Å²) in [5, 5.41) is 2.67. The Labute approximate surface area is 135 Å². The molecule has 0 aliphatic rings. The molecular weight excluding hydrogens is 264 g/mol. The van der Waals surface area contributed by atoms with E-state index in [0.29, 0.717) is 0 Å². The predicted octanol–water partition coefficient (Wildman–Crippen LogP) is 6.72. The molecule has 0 heteroatoms. The fourth-order valence-corrected chi connectivity index (χ4v) is 3.09. The molecule has 2 aromatic rings. The molecule has 0 fully saturated rings. The Balaban J connectivity index is 3.00. The molecule has 0 aliphatic carbocycles. The van der Waals surface area contributed by atoms with E-state index in [2.05, 4.69) is 79.0 Å². The Morgan fingerprint density at radius 2 is 1.00 bits per heavy atom. The SMILES string of the molecule is C=Cc1cc2c(C(C)(C)C)ccc(C(C)(C)C)c2cc1C=C. The van der Waals surface area contributed by atoms with E-state index in [1.54, 1.807) is 0 Å². The second-order valence-electron chi connectivity index (χ2n) is 8.10. The summed E-state index contributed by atoms with van der Waals surface area (Å²) >= 11 is 0. The number of hydrogen-bond donors (Lipinski definition) is 0. The van der Waals surface area contributed by atoms with Gasteiger partial charge in [-0.3, -0.25) is 0 Å². The third kappa shape index (κ3) is 2.88. The summed E-state index contributed by atoms with van der Waals surface area (Å²) in [6.07, 6.45) is 3.85. The van der Waals surface area contributed by atoms with E-state index in [9.17, 15) is 0 Å². The molecule has 0 radical (unpaired) electrons. The molecule has 0 spiro atoms. The topological polar surface area (TPSA) is 0 Å². The van der Waals surface area contributed by atoms with Crippen LogP contribution in [-0.4, -0.2) is 0 Å². The third-order valence-corrected chi connectivity index (χ3v) is 4.28. The Hall–Kier alpha value is -1.82. The van der Waals surface area contributed by atoms with Gasteiger partial charge in [-0.1, -0.05) is 79.0 Å². The van der Waals surface area contributed by atoms with E-state index in [4.69, 9.17) is 0 Å². The van der Waals surface area contributed by atoms with E-state index in [1.807, 2.05) is 12.2 Å². The van der Waals surface area contributed by atoms with Crippen LogP contribution < -0.4 is 0 Å². The number of hydrogen-bond acceptors (Lipinski definition) is 0. The lowest BCUT2D eigenvalue weighted by Crippen LogP contribution is -2.16. The maximum Gasteiger partial charge on any atom is -0.0126 e. The minimum Gasteiger partial charge on any atom is -0.0984 e. The zero-order valence-corrected chi connectivity index (χ0v) is 14.9. The molecule has 0 nitrogen and oxygen atoms in total. The van der Waals surface area contributed by atoms with Crippen molar-refractivity contribution in [2.24, 2.45) is 0 Å². The minimum absolute atomic E-state index is 0.114. The first-order chi connectivity index (χ1) is 10.1. The van der Waals surface area contributed by atoms with Crippen LogP contribution in [0.3, 0.4) is 0 Å². The fourth-order valence-electron chi connectivity index (χ4n) is 3.09. The molecule has 0 unspecified atom stereocenters. The van der Waals surface area contributed by atoms with Gasteiger partial charge in [0.05, 0.1) is 0 Å². The summed E-state index contributed by atoms with van der Waals surface area (Å²) in [4.78, 5) is 0. The molecule has 0 heterocycles. The minimum atomic E-state index is 0.114. The highest BCUT2D eigenvalue weighted by atomic mass is 14.3. The summed E-state index contributed by atoms with van der Waals surface area (Å²) in [5.74, 6) is 0. The maximum absolute atomic E-state index is 3.96. The van der Waals surface area contributed by atoms with Gasteiger partial charge in [-0.15, -0.1) is 0 Å². The van der Waals surface area contributed by atoms with E-state index < -0.39 is 0 Å². The summed E-state index contributed by atoms with van der Waals surface area (Å²) < 4.78 is 0. The monoisotopic (exact) mass is 292 g/mol. The Bertz CT molecular complexity index is 667. The Morgan fingerprint density at radius 1 is 0.682 bits per heavy atom. The molecule has 0 saturated heterocycles. The van der Waals surface area contributed by atoms with Crippen LogP contribution in [0.4, 0.5) is 0 Å². The maximum atomic E-state index is 3.96. The molecule has 0 aromatic heterocycles. The lowest BCUT2D eigenvalue weighted by Gasteiger charge is -2.27. The molecule has 2 rings (SSSR count). The van der Waals surface area contributed by atoms with Gasteiger partial charge in [0, 0.05) is 0 Å². The van der Waals surface area contributed by atoms with Gasteiger partial charge in [0.1, 0.15) is 0 Å². The normalized spacial score (nSPS) is 12.5. The van der Waals surface area contributed by atoms with Crippen molar-refractivity contribution < 1.29 is 0 Å². The molecule has 0 saturated carbocycles. The highest BCUT2D eigenvalue weighted by molar-refractivity contribution is 5.94. The molecular formula is C22H28. The number of fused-ring (bicyclic) bond motifs is 1. The quantitative estimate of drug-likeness (QED) is 0.576. The third-order valence-electron chi connectivity index (χ3n) is 4.28. The van der Waals surface area contributed by atoms with Crippen LogP contribution >= 0.6 is 0 Å². The molecule has 0 atom stereocenters. The van der Waals surface area contributed by atoms with Gasteiger partial charge < -0.3 is 0 Å². The molecule has 0 aliphatic heterocycles.